The van der Waals surface area contributed by atoms with Gasteiger partial charge in [0.25, 0.3) is 0 Å². The Morgan fingerprint density at radius 3 is 2.60 bits per heavy atom. The summed E-state index contributed by atoms with van der Waals surface area (Å²) in [5.74, 6) is 1.05. The van der Waals surface area contributed by atoms with Gasteiger partial charge in [-0.2, -0.15) is 5.10 Å². The van der Waals surface area contributed by atoms with Gasteiger partial charge in [-0.05, 0) is 48.4 Å². The van der Waals surface area contributed by atoms with Crippen LogP contribution in [0.2, 0.25) is 0 Å². The van der Waals surface area contributed by atoms with E-state index in [4.69, 9.17) is 4.74 Å². The lowest BCUT2D eigenvalue weighted by Crippen LogP contribution is -2.41. The van der Waals surface area contributed by atoms with Crippen molar-refractivity contribution in [3.8, 4) is 5.75 Å². The van der Waals surface area contributed by atoms with Gasteiger partial charge in [-0.15, -0.1) is 24.0 Å². The van der Waals surface area contributed by atoms with Crippen molar-refractivity contribution in [3.05, 3.63) is 83.9 Å². The fraction of sp³-hybridized carbons (Fsp3) is 0.273. The van der Waals surface area contributed by atoms with E-state index in [0.29, 0.717) is 24.8 Å². The Morgan fingerprint density at radius 1 is 1.13 bits per heavy atom. The van der Waals surface area contributed by atoms with Crippen LogP contribution in [0.15, 0.2) is 72.0 Å². The zero-order valence-electron chi connectivity index (χ0n) is 17.1. The fourth-order valence-electron chi connectivity index (χ4n) is 2.85. The minimum absolute atomic E-state index is 0. The van der Waals surface area contributed by atoms with Crippen LogP contribution in [0.1, 0.15) is 18.1 Å². The summed E-state index contributed by atoms with van der Waals surface area (Å²) in [5, 5.41) is 10.8. The molecule has 0 aliphatic rings. The topological polar surface area (TPSA) is 63.5 Å². The number of nitrogens with one attached hydrogen (secondary N) is 2. The van der Waals surface area contributed by atoms with Gasteiger partial charge >= 0.3 is 0 Å². The normalized spacial score (nSPS) is 12.0. The number of hydrogen-bond acceptors (Lipinski definition) is 3. The van der Waals surface area contributed by atoms with Crippen LogP contribution in [-0.2, 0) is 13.1 Å². The standard InChI is InChI=1S/C22H26FN5O.HI/c1-17(29-21-9-7-20(23)8-10-21)14-25-22(24-2)26-15-18-5-3-6-19(13-18)16-28-12-4-11-27-28;/h3-13,17H,14-16H2,1-2H3,(H2,24,25,26);1H. The number of rotatable bonds is 8. The van der Waals surface area contributed by atoms with E-state index in [9.17, 15) is 4.39 Å². The number of hydrogen-bond donors (Lipinski definition) is 2. The zero-order valence-corrected chi connectivity index (χ0v) is 19.4. The number of halogens is 2. The molecule has 1 heterocycles. The predicted octanol–water partition coefficient (Wildman–Crippen LogP) is 3.82. The minimum atomic E-state index is -0.276. The summed E-state index contributed by atoms with van der Waals surface area (Å²) in [6, 6.07) is 16.3. The van der Waals surface area contributed by atoms with Crippen molar-refractivity contribution in [2.75, 3.05) is 13.6 Å². The molecule has 0 radical (unpaired) electrons. The molecule has 0 spiro atoms. The molecule has 1 atom stereocenters. The molecule has 0 saturated heterocycles. The lowest BCUT2D eigenvalue weighted by atomic mass is 10.1. The Balaban J connectivity index is 0.00000320. The first-order valence-corrected chi connectivity index (χ1v) is 9.54. The zero-order chi connectivity index (χ0) is 20.5. The summed E-state index contributed by atoms with van der Waals surface area (Å²) in [6.07, 6.45) is 3.63. The molecule has 160 valence electrons. The third-order valence-corrected chi connectivity index (χ3v) is 4.29. The van der Waals surface area contributed by atoms with Gasteiger partial charge in [0.2, 0.25) is 0 Å². The van der Waals surface area contributed by atoms with E-state index in [1.54, 1.807) is 25.4 Å². The SMILES string of the molecule is CN=C(NCc1cccc(Cn2cccn2)c1)NCC(C)Oc1ccc(F)cc1.I. The van der Waals surface area contributed by atoms with Crippen molar-refractivity contribution in [2.45, 2.75) is 26.1 Å². The number of benzene rings is 2. The second kappa shape index (κ2) is 12.2. The number of nitrogens with zero attached hydrogens (tertiary/aromatic N) is 3. The number of aliphatic imine (C=N–C) groups is 1. The van der Waals surface area contributed by atoms with Crippen LogP contribution in [0, 0.1) is 5.82 Å². The highest BCUT2D eigenvalue weighted by molar-refractivity contribution is 14.0. The van der Waals surface area contributed by atoms with Gasteiger partial charge in [0.05, 0.1) is 13.1 Å². The molecule has 2 N–H and O–H groups in total. The molecule has 1 unspecified atom stereocenters. The molecule has 0 fully saturated rings. The first-order chi connectivity index (χ1) is 14.1. The van der Waals surface area contributed by atoms with Gasteiger partial charge < -0.3 is 15.4 Å². The maximum absolute atomic E-state index is 13.0. The molecule has 2 aromatic carbocycles. The van der Waals surface area contributed by atoms with Crippen LogP contribution in [0.25, 0.3) is 0 Å². The number of aromatic nitrogens is 2. The molecule has 0 aliphatic carbocycles. The number of ether oxygens (including phenoxy) is 1. The molecule has 0 saturated carbocycles. The Labute approximate surface area is 193 Å². The van der Waals surface area contributed by atoms with Gasteiger partial charge in [-0.1, -0.05) is 24.3 Å². The Kier molecular flexibility index (Phi) is 9.59. The first-order valence-electron chi connectivity index (χ1n) is 9.54. The Hall–Kier alpha value is -2.62. The van der Waals surface area contributed by atoms with Crippen LogP contribution >= 0.6 is 24.0 Å². The molecule has 1 aromatic heterocycles. The van der Waals surface area contributed by atoms with Crippen LogP contribution in [0.4, 0.5) is 4.39 Å². The van der Waals surface area contributed by atoms with Crippen molar-refractivity contribution >= 4 is 29.9 Å². The molecule has 3 aromatic rings. The summed E-state index contributed by atoms with van der Waals surface area (Å²) >= 11 is 0. The van der Waals surface area contributed by atoms with E-state index >= 15 is 0 Å². The van der Waals surface area contributed by atoms with Crippen LogP contribution in [-0.4, -0.2) is 35.4 Å². The summed E-state index contributed by atoms with van der Waals surface area (Å²) in [7, 11) is 1.73. The van der Waals surface area contributed by atoms with Gasteiger partial charge in [0.15, 0.2) is 5.96 Å². The molecular formula is C22H27FIN5O. The van der Waals surface area contributed by atoms with Gasteiger partial charge in [-0.25, -0.2) is 4.39 Å². The molecule has 3 rings (SSSR count). The van der Waals surface area contributed by atoms with E-state index in [1.807, 2.05) is 29.9 Å². The third-order valence-electron chi connectivity index (χ3n) is 4.29. The smallest absolute Gasteiger partial charge is 0.191 e. The predicted molar refractivity (Wildman–Crippen MR) is 128 cm³/mol. The molecule has 0 amide bonds. The van der Waals surface area contributed by atoms with Crippen molar-refractivity contribution < 1.29 is 9.13 Å². The van der Waals surface area contributed by atoms with Gasteiger partial charge in [-0.3, -0.25) is 9.67 Å². The second-order valence-corrected chi connectivity index (χ2v) is 6.71. The second-order valence-electron chi connectivity index (χ2n) is 6.71. The Morgan fingerprint density at radius 2 is 1.90 bits per heavy atom. The van der Waals surface area contributed by atoms with Crippen molar-refractivity contribution in [1.82, 2.24) is 20.4 Å². The molecule has 30 heavy (non-hydrogen) atoms. The van der Waals surface area contributed by atoms with Crippen LogP contribution < -0.4 is 15.4 Å². The van der Waals surface area contributed by atoms with E-state index in [-0.39, 0.29) is 35.9 Å². The summed E-state index contributed by atoms with van der Waals surface area (Å²) in [6.45, 7) is 3.91. The highest BCUT2D eigenvalue weighted by Gasteiger charge is 2.06. The first kappa shape index (κ1) is 23.7. The van der Waals surface area contributed by atoms with Crippen molar-refractivity contribution in [1.29, 1.82) is 0 Å². The maximum atomic E-state index is 13.0. The summed E-state index contributed by atoms with van der Waals surface area (Å²) in [4.78, 5) is 4.25. The monoisotopic (exact) mass is 523 g/mol. The lowest BCUT2D eigenvalue weighted by Gasteiger charge is -2.18. The van der Waals surface area contributed by atoms with E-state index < -0.39 is 0 Å². The van der Waals surface area contributed by atoms with E-state index in [1.165, 1.54) is 17.7 Å². The molecule has 0 bridgehead atoms. The highest BCUT2D eigenvalue weighted by Crippen LogP contribution is 2.12. The van der Waals surface area contributed by atoms with Crippen LogP contribution in [0.3, 0.4) is 0 Å². The van der Waals surface area contributed by atoms with Crippen LogP contribution in [0.5, 0.6) is 5.75 Å². The van der Waals surface area contributed by atoms with E-state index in [2.05, 4.69) is 38.9 Å². The van der Waals surface area contributed by atoms with Crippen molar-refractivity contribution in [2.24, 2.45) is 4.99 Å². The maximum Gasteiger partial charge on any atom is 0.191 e. The van der Waals surface area contributed by atoms with Gasteiger partial charge in [0.1, 0.15) is 17.7 Å². The minimum Gasteiger partial charge on any atom is -0.489 e. The average Bonchev–Trinajstić information content (AvgIpc) is 3.23. The fourth-order valence-corrected chi connectivity index (χ4v) is 2.85. The lowest BCUT2D eigenvalue weighted by molar-refractivity contribution is 0.223. The largest absolute Gasteiger partial charge is 0.489 e. The van der Waals surface area contributed by atoms with Gasteiger partial charge in [0, 0.05) is 26.0 Å². The molecular weight excluding hydrogens is 496 g/mol. The molecule has 0 aliphatic heterocycles. The van der Waals surface area contributed by atoms with E-state index in [0.717, 1.165) is 12.1 Å². The Bertz CT molecular complexity index is 916. The number of guanidine groups is 1. The molecule has 6 nitrogen and oxygen atoms in total. The summed E-state index contributed by atoms with van der Waals surface area (Å²) in [5.41, 5.74) is 2.35. The third kappa shape index (κ3) is 7.66. The highest BCUT2D eigenvalue weighted by atomic mass is 127. The summed E-state index contributed by atoms with van der Waals surface area (Å²) < 4.78 is 20.6. The van der Waals surface area contributed by atoms with Crippen molar-refractivity contribution in [3.63, 3.8) is 0 Å². The molecule has 8 heteroatoms. The average molecular weight is 523 g/mol. The quantitative estimate of drug-likeness (QED) is 0.268.